The highest BCUT2D eigenvalue weighted by molar-refractivity contribution is 9.10. The summed E-state index contributed by atoms with van der Waals surface area (Å²) in [6.45, 7) is 3.66. The fourth-order valence-corrected chi connectivity index (χ4v) is 2.48. The van der Waals surface area contributed by atoms with E-state index in [-0.39, 0.29) is 5.91 Å². The molecule has 0 aliphatic rings. The van der Waals surface area contributed by atoms with E-state index in [4.69, 9.17) is 9.47 Å². The summed E-state index contributed by atoms with van der Waals surface area (Å²) in [7, 11) is 1.61. The molecule has 0 saturated heterocycles. The smallest absolute Gasteiger partial charge is 0.280 e. The van der Waals surface area contributed by atoms with Gasteiger partial charge in [0.1, 0.15) is 11.5 Å². The van der Waals surface area contributed by atoms with Crippen molar-refractivity contribution in [2.24, 2.45) is 5.10 Å². The second kappa shape index (κ2) is 8.49. The lowest BCUT2D eigenvalue weighted by Gasteiger charge is -2.14. The molecule has 0 bridgehead atoms. The number of carbonyl (C=O) groups excluding carboxylic acids is 1. The maximum Gasteiger partial charge on any atom is 0.280 e. The third-order valence-corrected chi connectivity index (χ3v) is 3.88. The number of aryl methyl sites for hydroxylation is 1. The zero-order chi connectivity index (χ0) is 17.5. The van der Waals surface area contributed by atoms with E-state index < -0.39 is 6.10 Å². The number of hydrogen-bond donors (Lipinski definition) is 1. The lowest BCUT2D eigenvalue weighted by atomic mass is 10.2. The number of halogens is 1. The van der Waals surface area contributed by atoms with Gasteiger partial charge in [-0.2, -0.15) is 5.10 Å². The van der Waals surface area contributed by atoms with Gasteiger partial charge in [-0.15, -0.1) is 0 Å². The molecule has 0 spiro atoms. The first kappa shape index (κ1) is 18.0. The van der Waals surface area contributed by atoms with Crippen LogP contribution in [-0.4, -0.2) is 25.3 Å². The molecule has 0 aliphatic carbocycles. The molecular weight excluding hydrogens is 372 g/mol. The van der Waals surface area contributed by atoms with Crippen LogP contribution in [0.5, 0.6) is 11.5 Å². The Hall–Kier alpha value is -2.34. The third-order valence-electron chi connectivity index (χ3n) is 3.26. The second-order valence-electron chi connectivity index (χ2n) is 5.20. The van der Waals surface area contributed by atoms with Gasteiger partial charge in [-0.1, -0.05) is 6.07 Å². The number of carbonyl (C=O) groups is 1. The number of hydrazone groups is 1. The molecule has 1 atom stereocenters. The Morgan fingerprint density at radius 3 is 2.58 bits per heavy atom. The summed E-state index contributed by atoms with van der Waals surface area (Å²) in [5, 5.41) is 3.94. The molecular formula is C18H19BrN2O3. The molecule has 126 valence electrons. The lowest BCUT2D eigenvalue weighted by molar-refractivity contribution is -0.127. The van der Waals surface area contributed by atoms with Gasteiger partial charge in [0.25, 0.3) is 5.91 Å². The second-order valence-corrected chi connectivity index (χ2v) is 6.06. The minimum atomic E-state index is -0.669. The molecule has 1 amide bonds. The molecule has 0 radical (unpaired) electrons. The normalized spacial score (nSPS) is 12.0. The molecule has 24 heavy (non-hydrogen) atoms. The quantitative estimate of drug-likeness (QED) is 0.604. The minimum Gasteiger partial charge on any atom is -0.497 e. The third kappa shape index (κ3) is 5.09. The van der Waals surface area contributed by atoms with E-state index in [1.54, 1.807) is 20.2 Å². The van der Waals surface area contributed by atoms with Gasteiger partial charge in [0, 0.05) is 0 Å². The van der Waals surface area contributed by atoms with Crippen LogP contribution in [0.1, 0.15) is 18.1 Å². The number of methoxy groups -OCH3 is 1. The predicted molar refractivity (Wildman–Crippen MR) is 97.7 cm³/mol. The number of amides is 1. The van der Waals surface area contributed by atoms with E-state index in [0.717, 1.165) is 21.3 Å². The van der Waals surface area contributed by atoms with Crippen LogP contribution in [0.15, 0.2) is 52.0 Å². The molecule has 0 aliphatic heterocycles. The predicted octanol–water partition coefficient (Wildman–Crippen LogP) is 3.68. The number of nitrogens with one attached hydrogen (secondary N) is 1. The van der Waals surface area contributed by atoms with E-state index in [9.17, 15) is 4.79 Å². The SMILES string of the molecule is COc1ccc(C=NNC(=O)[C@H](C)Oc2ccc(C)cc2Br)cc1. The summed E-state index contributed by atoms with van der Waals surface area (Å²) >= 11 is 3.42. The Morgan fingerprint density at radius 1 is 1.25 bits per heavy atom. The summed E-state index contributed by atoms with van der Waals surface area (Å²) in [6, 6.07) is 13.0. The van der Waals surface area contributed by atoms with Crippen LogP contribution in [0.2, 0.25) is 0 Å². The van der Waals surface area contributed by atoms with Gasteiger partial charge in [-0.05, 0) is 77.3 Å². The van der Waals surface area contributed by atoms with Crippen LogP contribution in [-0.2, 0) is 4.79 Å². The van der Waals surface area contributed by atoms with Gasteiger partial charge in [0.2, 0.25) is 0 Å². The van der Waals surface area contributed by atoms with Crippen LogP contribution in [0.25, 0.3) is 0 Å². The molecule has 1 N–H and O–H groups in total. The summed E-state index contributed by atoms with van der Waals surface area (Å²) in [5.74, 6) is 1.05. The van der Waals surface area contributed by atoms with Crippen molar-refractivity contribution in [3.8, 4) is 11.5 Å². The van der Waals surface area contributed by atoms with Gasteiger partial charge in [0.05, 0.1) is 17.8 Å². The molecule has 0 unspecified atom stereocenters. The standard InChI is InChI=1S/C18H19BrN2O3/c1-12-4-9-17(16(19)10-12)24-13(2)18(22)21-20-11-14-5-7-15(23-3)8-6-14/h4-11,13H,1-3H3,(H,21,22)/t13-/m0/s1. The Bertz CT molecular complexity index is 730. The molecule has 0 fully saturated rings. The van der Waals surface area contributed by atoms with Gasteiger partial charge >= 0.3 is 0 Å². The molecule has 2 rings (SSSR count). The van der Waals surface area contributed by atoms with Crippen LogP contribution >= 0.6 is 15.9 Å². The highest BCUT2D eigenvalue weighted by atomic mass is 79.9. The van der Waals surface area contributed by atoms with Crippen molar-refractivity contribution in [2.45, 2.75) is 20.0 Å². The fraction of sp³-hybridized carbons (Fsp3) is 0.222. The van der Waals surface area contributed by atoms with E-state index in [2.05, 4.69) is 26.5 Å². The average molecular weight is 391 g/mol. The highest BCUT2D eigenvalue weighted by Gasteiger charge is 2.15. The van der Waals surface area contributed by atoms with Gasteiger partial charge in [-0.25, -0.2) is 5.43 Å². The Labute approximate surface area is 149 Å². The summed E-state index contributed by atoms with van der Waals surface area (Å²) < 4.78 is 11.5. The first-order valence-electron chi connectivity index (χ1n) is 7.39. The number of nitrogens with zero attached hydrogens (tertiary/aromatic N) is 1. The molecule has 2 aromatic rings. The Morgan fingerprint density at radius 2 is 1.96 bits per heavy atom. The maximum atomic E-state index is 12.0. The van der Waals surface area contributed by atoms with Crippen molar-refractivity contribution >= 4 is 28.1 Å². The topological polar surface area (TPSA) is 59.9 Å². The van der Waals surface area contributed by atoms with Crippen molar-refractivity contribution in [3.63, 3.8) is 0 Å². The summed E-state index contributed by atoms with van der Waals surface area (Å²) in [4.78, 5) is 12.0. The van der Waals surface area contributed by atoms with Crippen LogP contribution in [0.3, 0.4) is 0 Å². The van der Waals surface area contributed by atoms with E-state index in [0.29, 0.717) is 5.75 Å². The lowest BCUT2D eigenvalue weighted by Crippen LogP contribution is -2.33. The molecule has 2 aromatic carbocycles. The number of benzene rings is 2. The Balaban J connectivity index is 1.89. The molecule has 0 aromatic heterocycles. The Kier molecular flexibility index (Phi) is 6.37. The van der Waals surface area contributed by atoms with Gasteiger partial charge in [0.15, 0.2) is 6.10 Å². The first-order valence-corrected chi connectivity index (χ1v) is 8.18. The molecule has 5 nitrogen and oxygen atoms in total. The van der Waals surface area contributed by atoms with Gasteiger partial charge < -0.3 is 9.47 Å². The van der Waals surface area contributed by atoms with E-state index in [1.807, 2.05) is 49.4 Å². The number of ether oxygens (including phenoxy) is 2. The van der Waals surface area contributed by atoms with Crippen molar-refractivity contribution < 1.29 is 14.3 Å². The van der Waals surface area contributed by atoms with Crippen molar-refractivity contribution in [1.82, 2.24) is 5.43 Å². The van der Waals surface area contributed by atoms with Gasteiger partial charge in [-0.3, -0.25) is 4.79 Å². The zero-order valence-corrected chi connectivity index (χ0v) is 15.3. The average Bonchev–Trinajstić information content (AvgIpc) is 2.57. The van der Waals surface area contributed by atoms with Crippen LogP contribution in [0.4, 0.5) is 0 Å². The number of hydrogen-bond acceptors (Lipinski definition) is 4. The fourth-order valence-electron chi connectivity index (χ4n) is 1.90. The van der Waals surface area contributed by atoms with E-state index in [1.165, 1.54) is 0 Å². The first-order chi connectivity index (χ1) is 11.5. The molecule has 6 heteroatoms. The zero-order valence-electron chi connectivity index (χ0n) is 13.7. The van der Waals surface area contributed by atoms with Crippen LogP contribution in [0, 0.1) is 6.92 Å². The monoisotopic (exact) mass is 390 g/mol. The van der Waals surface area contributed by atoms with Crippen molar-refractivity contribution in [2.75, 3.05) is 7.11 Å². The maximum absolute atomic E-state index is 12.0. The number of rotatable bonds is 6. The van der Waals surface area contributed by atoms with Crippen molar-refractivity contribution in [3.05, 3.63) is 58.1 Å². The highest BCUT2D eigenvalue weighted by Crippen LogP contribution is 2.26. The van der Waals surface area contributed by atoms with Crippen LogP contribution < -0.4 is 14.9 Å². The minimum absolute atomic E-state index is 0.327. The summed E-state index contributed by atoms with van der Waals surface area (Å²) in [6.07, 6.45) is 0.892. The summed E-state index contributed by atoms with van der Waals surface area (Å²) in [5.41, 5.74) is 4.43. The largest absolute Gasteiger partial charge is 0.497 e. The van der Waals surface area contributed by atoms with E-state index >= 15 is 0 Å². The molecule has 0 saturated carbocycles. The van der Waals surface area contributed by atoms with Crippen molar-refractivity contribution in [1.29, 1.82) is 0 Å². The molecule has 0 heterocycles.